The van der Waals surface area contributed by atoms with Crippen molar-refractivity contribution in [1.29, 1.82) is 0 Å². The Morgan fingerprint density at radius 1 is 1.18 bits per heavy atom. The molecule has 0 aliphatic heterocycles. The first-order valence-electron chi connectivity index (χ1n) is 5.64. The Morgan fingerprint density at radius 2 is 1.94 bits per heavy atom. The van der Waals surface area contributed by atoms with E-state index in [1.54, 1.807) is 6.20 Å². The zero-order valence-corrected chi connectivity index (χ0v) is 10.3. The minimum Gasteiger partial charge on any atom is -0.330 e. The molecule has 0 saturated carbocycles. The first-order chi connectivity index (χ1) is 8.29. The highest BCUT2D eigenvalue weighted by Gasteiger charge is 2.10. The second-order valence-electron chi connectivity index (χ2n) is 4.05. The molecule has 1 atom stereocenters. The number of hydrogen-bond donors (Lipinski definition) is 1. The zero-order chi connectivity index (χ0) is 12.1. The van der Waals surface area contributed by atoms with Crippen LogP contribution in [-0.2, 0) is 6.42 Å². The van der Waals surface area contributed by atoms with Crippen LogP contribution in [0.5, 0.6) is 0 Å². The van der Waals surface area contributed by atoms with Crippen LogP contribution in [0, 0.1) is 0 Å². The van der Waals surface area contributed by atoms with Gasteiger partial charge in [0.05, 0.1) is 0 Å². The van der Waals surface area contributed by atoms with E-state index in [1.807, 2.05) is 36.5 Å². The minimum absolute atomic E-state index is 0.316. The average molecular weight is 247 g/mol. The molecule has 2 rings (SSSR count). The monoisotopic (exact) mass is 246 g/mol. The number of rotatable bonds is 4. The molecular weight excluding hydrogens is 232 g/mol. The molecule has 88 valence electrons. The number of nitrogens with zero attached hydrogens (tertiary/aromatic N) is 1. The summed E-state index contributed by atoms with van der Waals surface area (Å²) >= 11 is 5.88. The van der Waals surface area contributed by atoms with Gasteiger partial charge in [-0.1, -0.05) is 29.8 Å². The highest BCUT2D eigenvalue weighted by atomic mass is 35.5. The number of nitrogens with two attached hydrogens (primary N) is 1. The van der Waals surface area contributed by atoms with Gasteiger partial charge in [-0.3, -0.25) is 4.98 Å². The van der Waals surface area contributed by atoms with Gasteiger partial charge >= 0.3 is 0 Å². The average Bonchev–Trinajstić information content (AvgIpc) is 2.38. The maximum Gasteiger partial charge on any atom is 0.0406 e. The maximum absolute atomic E-state index is 5.88. The molecule has 0 radical (unpaired) electrons. The third kappa shape index (κ3) is 3.29. The summed E-state index contributed by atoms with van der Waals surface area (Å²) in [6, 6.07) is 11.9. The van der Waals surface area contributed by atoms with Gasteiger partial charge in [0.2, 0.25) is 0 Å². The zero-order valence-electron chi connectivity index (χ0n) is 9.51. The predicted octanol–water partition coefficient (Wildman–Crippen LogP) is 3.02. The molecular formula is C14H15ClN2. The van der Waals surface area contributed by atoms with E-state index in [-0.39, 0.29) is 0 Å². The van der Waals surface area contributed by atoms with Crippen molar-refractivity contribution in [3.05, 3.63) is 64.9 Å². The third-order valence-corrected chi connectivity index (χ3v) is 3.08. The summed E-state index contributed by atoms with van der Waals surface area (Å²) in [4.78, 5) is 4.12. The molecule has 0 fully saturated rings. The molecule has 2 N–H and O–H groups in total. The lowest BCUT2D eigenvalue weighted by Gasteiger charge is -2.15. The number of aromatic nitrogens is 1. The van der Waals surface area contributed by atoms with E-state index in [0.29, 0.717) is 12.5 Å². The number of halogens is 1. The molecule has 0 spiro atoms. The molecule has 2 nitrogen and oxygen atoms in total. The van der Waals surface area contributed by atoms with E-state index >= 15 is 0 Å². The van der Waals surface area contributed by atoms with Crippen LogP contribution < -0.4 is 5.73 Å². The summed E-state index contributed by atoms with van der Waals surface area (Å²) in [5, 5.41) is 0.755. The fourth-order valence-corrected chi connectivity index (χ4v) is 2.00. The number of hydrogen-bond acceptors (Lipinski definition) is 2. The van der Waals surface area contributed by atoms with Crippen molar-refractivity contribution in [3.8, 4) is 0 Å². The Hall–Kier alpha value is -1.38. The van der Waals surface area contributed by atoms with Crippen molar-refractivity contribution >= 4 is 11.6 Å². The van der Waals surface area contributed by atoms with Crippen LogP contribution in [0.2, 0.25) is 5.02 Å². The van der Waals surface area contributed by atoms with Crippen molar-refractivity contribution in [1.82, 2.24) is 4.98 Å². The van der Waals surface area contributed by atoms with Crippen LogP contribution in [-0.4, -0.2) is 11.5 Å². The van der Waals surface area contributed by atoms with Crippen molar-refractivity contribution in [3.63, 3.8) is 0 Å². The van der Waals surface area contributed by atoms with Gasteiger partial charge in [0.25, 0.3) is 0 Å². The summed E-state index contributed by atoms with van der Waals surface area (Å²) in [5.74, 6) is 0.316. The van der Waals surface area contributed by atoms with Gasteiger partial charge in [0.15, 0.2) is 0 Å². The van der Waals surface area contributed by atoms with E-state index < -0.39 is 0 Å². The fraction of sp³-hybridized carbons (Fsp3) is 0.214. The Bertz CT molecular complexity index is 453. The van der Waals surface area contributed by atoms with E-state index in [4.69, 9.17) is 17.3 Å². The normalized spacial score (nSPS) is 12.4. The number of benzene rings is 1. The summed E-state index contributed by atoms with van der Waals surface area (Å²) in [6.07, 6.45) is 4.58. The van der Waals surface area contributed by atoms with Crippen LogP contribution in [0.4, 0.5) is 0 Å². The first kappa shape index (κ1) is 12.1. The van der Waals surface area contributed by atoms with Crippen LogP contribution in [0.1, 0.15) is 17.0 Å². The van der Waals surface area contributed by atoms with Crippen LogP contribution in [0.3, 0.4) is 0 Å². The molecule has 2 aromatic rings. The molecule has 3 heteroatoms. The molecule has 0 bridgehead atoms. The third-order valence-electron chi connectivity index (χ3n) is 2.83. The Morgan fingerprint density at radius 3 is 2.53 bits per heavy atom. The quantitative estimate of drug-likeness (QED) is 0.901. The van der Waals surface area contributed by atoms with Crippen molar-refractivity contribution in [2.45, 2.75) is 12.3 Å². The summed E-state index contributed by atoms with van der Waals surface area (Å²) in [5.41, 5.74) is 8.27. The largest absolute Gasteiger partial charge is 0.330 e. The van der Waals surface area contributed by atoms with E-state index in [2.05, 4.69) is 11.1 Å². The molecule has 1 aromatic carbocycles. The van der Waals surface area contributed by atoms with E-state index in [0.717, 1.165) is 11.4 Å². The maximum atomic E-state index is 5.88. The van der Waals surface area contributed by atoms with Crippen LogP contribution >= 0.6 is 11.6 Å². The fourth-order valence-electron chi connectivity index (χ4n) is 1.88. The van der Waals surface area contributed by atoms with Gasteiger partial charge < -0.3 is 5.73 Å². The Balaban J connectivity index is 2.14. The van der Waals surface area contributed by atoms with Gasteiger partial charge in [0, 0.05) is 23.3 Å². The van der Waals surface area contributed by atoms with Gasteiger partial charge in [-0.2, -0.15) is 0 Å². The molecule has 1 heterocycles. The number of pyridine rings is 1. The van der Waals surface area contributed by atoms with Crippen LogP contribution in [0.15, 0.2) is 48.8 Å². The Labute approximate surface area is 106 Å². The lowest BCUT2D eigenvalue weighted by molar-refractivity contribution is 0.692. The summed E-state index contributed by atoms with van der Waals surface area (Å²) in [6.45, 7) is 0.622. The minimum atomic E-state index is 0.316. The second-order valence-corrected chi connectivity index (χ2v) is 4.49. The molecule has 0 aliphatic carbocycles. The van der Waals surface area contributed by atoms with Crippen molar-refractivity contribution in [2.24, 2.45) is 5.73 Å². The lowest BCUT2D eigenvalue weighted by Crippen LogP contribution is -2.15. The molecule has 0 aliphatic rings. The summed E-state index contributed by atoms with van der Waals surface area (Å²) in [7, 11) is 0. The highest BCUT2D eigenvalue weighted by molar-refractivity contribution is 6.30. The molecule has 0 saturated heterocycles. The smallest absolute Gasteiger partial charge is 0.0406 e. The van der Waals surface area contributed by atoms with Gasteiger partial charge in [0.1, 0.15) is 0 Å². The lowest BCUT2D eigenvalue weighted by atomic mass is 9.93. The molecule has 1 unspecified atom stereocenters. The van der Waals surface area contributed by atoms with Gasteiger partial charge in [-0.25, -0.2) is 0 Å². The SMILES string of the molecule is NCC(Cc1cccnc1)c1ccc(Cl)cc1. The van der Waals surface area contributed by atoms with Crippen molar-refractivity contribution < 1.29 is 0 Å². The van der Waals surface area contributed by atoms with Crippen LogP contribution in [0.25, 0.3) is 0 Å². The molecule has 1 aromatic heterocycles. The summed E-state index contributed by atoms with van der Waals surface area (Å²) < 4.78 is 0. The van der Waals surface area contributed by atoms with E-state index in [1.165, 1.54) is 11.1 Å². The molecule has 0 amide bonds. The first-order valence-corrected chi connectivity index (χ1v) is 6.02. The predicted molar refractivity (Wildman–Crippen MR) is 71.2 cm³/mol. The van der Waals surface area contributed by atoms with Crippen molar-refractivity contribution in [2.75, 3.05) is 6.54 Å². The second kappa shape index (κ2) is 5.80. The molecule has 17 heavy (non-hydrogen) atoms. The van der Waals surface area contributed by atoms with Gasteiger partial charge in [-0.05, 0) is 42.3 Å². The van der Waals surface area contributed by atoms with Gasteiger partial charge in [-0.15, -0.1) is 0 Å². The highest BCUT2D eigenvalue weighted by Crippen LogP contribution is 2.21. The van der Waals surface area contributed by atoms with E-state index in [9.17, 15) is 0 Å². The standard InChI is InChI=1S/C14H15ClN2/c15-14-5-3-12(4-6-14)13(9-16)8-11-2-1-7-17-10-11/h1-7,10,13H,8-9,16H2. The topological polar surface area (TPSA) is 38.9 Å². The Kier molecular flexibility index (Phi) is 4.13.